The SMILES string of the molecule is CN(Cc1ccccc1)C1CCC(C(C#N)(c2ccccc2)c2ccccc2)C1. The van der Waals surface area contributed by atoms with Gasteiger partial charge in [0, 0.05) is 12.6 Å². The van der Waals surface area contributed by atoms with Crippen LogP contribution >= 0.6 is 0 Å². The van der Waals surface area contributed by atoms with Crippen LogP contribution in [0.2, 0.25) is 0 Å². The third kappa shape index (κ3) is 3.84. The first-order chi connectivity index (χ1) is 14.2. The summed E-state index contributed by atoms with van der Waals surface area (Å²) in [5.41, 5.74) is 2.98. The lowest BCUT2D eigenvalue weighted by molar-refractivity contribution is 0.226. The van der Waals surface area contributed by atoms with E-state index in [4.69, 9.17) is 0 Å². The number of rotatable bonds is 6. The molecule has 0 aliphatic heterocycles. The van der Waals surface area contributed by atoms with Crippen LogP contribution in [0.5, 0.6) is 0 Å². The summed E-state index contributed by atoms with van der Waals surface area (Å²) in [4.78, 5) is 2.47. The fourth-order valence-corrected chi connectivity index (χ4v) is 5.01. The molecule has 2 unspecified atom stereocenters. The molecule has 3 aromatic rings. The lowest BCUT2D eigenvalue weighted by atomic mass is 9.66. The van der Waals surface area contributed by atoms with Crippen LogP contribution in [0.15, 0.2) is 91.0 Å². The Morgan fingerprint density at radius 2 is 1.34 bits per heavy atom. The number of benzene rings is 3. The van der Waals surface area contributed by atoms with Gasteiger partial charge in [-0.2, -0.15) is 5.26 Å². The maximum absolute atomic E-state index is 10.5. The molecule has 146 valence electrons. The lowest BCUT2D eigenvalue weighted by Crippen LogP contribution is -2.36. The maximum atomic E-state index is 10.5. The average molecular weight is 381 g/mol. The zero-order chi connectivity index (χ0) is 20.1. The summed E-state index contributed by atoms with van der Waals surface area (Å²) in [6, 6.07) is 34.7. The van der Waals surface area contributed by atoms with E-state index in [2.05, 4.69) is 96.9 Å². The third-order valence-corrected chi connectivity index (χ3v) is 6.55. The molecule has 1 aliphatic rings. The molecule has 0 bridgehead atoms. The van der Waals surface area contributed by atoms with Crippen LogP contribution in [-0.2, 0) is 12.0 Å². The molecule has 0 amide bonds. The van der Waals surface area contributed by atoms with Gasteiger partial charge >= 0.3 is 0 Å². The van der Waals surface area contributed by atoms with Crippen molar-refractivity contribution in [2.24, 2.45) is 5.92 Å². The second kappa shape index (κ2) is 8.64. The van der Waals surface area contributed by atoms with Crippen LogP contribution in [0.4, 0.5) is 0 Å². The van der Waals surface area contributed by atoms with Crippen molar-refractivity contribution in [2.45, 2.75) is 37.3 Å². The highest BCUT2D eigenvalue weighted by Gasteiger charge is 2.46. The molecule has 29 heavy (non-hydrogen) atoms. The first-order valence-corrected chi connectivity index (χ1v) is 10.5. The summed E-state index contributed by atoms with van der Waals surface area (Å²) < 4.78 is 0. The Kier molecular flexibility index (Phi) is 5.79. The van der Waals surface area contributed by atoms with Crippen molar-refractivity contribution in [1.29, 1.82) is 5.26 Å². The van der Waals surface area contributed by atoms with Gasteiger partial charge in [0.25, 0.3) is 0 Å². The van der Waals surface area contributed by atoms with Crippen molar-refractivity contribution in [3.63, 3.8) is 0 Å². The van der Waals surface area contributed by atoms with Gasteiger partial charge in [-0.3, -0.25) is 4.90 Å². The van der Waals surface area contributed by atoms with E-state index >= 15 is 0 Å². The van der Waals surface area contributed by atoms with Gasteiger partial charge in [-0.05, 0) is 48.9 Å². The lowest BCUT2D eigenvalue weighted by Gasteiger charge is -2.35. The minimum Gasteiger partial charge on any atom is -0.299 e. The smallest absolute Gasteiger partial charge is 0.110 e. The molecule has 0 heterocycles. The van der Waals surface area contributed by atoms with Crippen LogP contribution in [0, 0.1) is 17.2 Å². The molecule has 1 fully saturated rings. The molecule has 2 heteroatoms. The van der Waals surface area contributed by atoms with Crippen molar-refractivity contribution < 1.29 is 0 Å². The number of nitriles is 1. The van der Waals surface area contributed by atoms with Gasteiger partial charge in [-0.15, -0.1) is 0 Å². The van der Waals surface area contributed by atoms with E-state index in [1.807, 2.05) is 12.1 Å². The van der Waals surface area contributed by atoms with E-state index in [0.29, 0.717) is 12.0 Å². The molecule has 3 aromatic carbocycles. The minimum absolute atomic E-state index is 0.306. The first kappa shape index (κ1) is 19.4. The van der Waals surface area contributed by atoms with Crippen molar-refractivity contribution in [1.82, 2.24) is 4.90 Å². The molecule has 0 radical (unpaired) electrons. The predicted octanol–water partition coefficient (Wildman–Crippen LogP) is 5.80. The molecule has 0 saturated heterocycles. The third-order valence-electron chi connectivity index (χ3n) is 6.55. The van der Waals surface area contributed by atoms with Gasteiger partial charge in [0.05, 0.1) is 6.07 Å². The van der Waals surface area contributed by atoms with E-state index < -0.39 is 5.41 Å². The summed E-state index contributed by atoms with van der Waals surface area (Å²) in [6.45, 7) is 0.953. The molecular weight excluding hydrogens is 352 g/mol. The average Bonchev–Trinajstić information content (AvgIpc) is 3.28. The number of hydrogen-bond acceptors (Lipinski definition) is 2. The second-order valence-electron chi connectivity index (χ2n) is 8.22. The molecule has 1 aliphatic carbocycles. The summed E-state index contributed by atoms with van der Waals surface area (Å²) >= 11 is 0. The predicted molar refractivity (Wildman–Crippen MR) is 118 cm³/mol. The number of hydrogen-bond donors (Lipinski definition) is 0. The van der Waals surface area contributed by atoms with E-state index in [9.17, 15) is 5.26 Å². The van der Waals surface area contributed by atoms with Gasteiger partial charge in [-0.1, -0.05) is 91.0 Å². The normalized spacial score (nSPS) is 19.2. The van der Waals surface area contributed by atoms with Crippen LogP contribution in [0.25, 0.3) is 0 Å². The number of nitrogens with zero attached hydrogens (tertiary/aromatic N) is 2. The second-order valence-corrected chi connectivity index (χ2v) is 8.22. The molecule has 4 rings (SSSR count). The van der Waals surface area contributed by atoms with Crippen molar-refractivity contribution in [2.75, 3.05) is 7.05 Å². The van der Waals surface area contributed by atoms with Gasteiger partial charge in [0.1, 0.15) is 5.41 Å². The molecule has 0 N–H and O–H groups in total. The Morgan fingerprint density at radius 3 is 1.86 bits per heavy atom. The Hall–Kier alpha value is -2.89. The van der Waals surface area contributed by atoms with Crippen molar-refractivity contribution >= 4 is 0 Å². The minimum atomic E-state index is -0.592. The molecule has 2 nitrogen and oxygen atoms in total. The summed E-state index contributed by atoms with van der Waals surface area (Å²) in [7, 11) is 2.22. The first-order valence-electron chi connectivity index (χ1n) is 10.5. The Labute approximate surface area is 174 Å². The zero-order valence-electron chi connectivity index (χ0n) is 17.0. The van der Waals surface area contributed by atoms with Crippen molar-refractivity contribution in [3.05, 3.63) is 108 Å². The van der Waals surface area contributed by atoms with Gasteiger partial charge in [0.2, 0.25) is 0 Å². The summed E-state index contributed by atoms with van der Waals surface area (Å²) in [6.07, 6.45) is 3.25. The van der Waals surface area contributed by atoms with Crippen LogP contribution < -0.4 is 0 Å². The van der Waals surface area contributed by atoms with E-state index in [-0.39, 0.29) is 0 Å². The van der Waals surface area contributed by atoms with Crippen LogP contribution in [0.3, 0.4) is 0 Å². The standard InChI is InChI=1S/C27H28N2/c1-29(20-22-11-5-2-6-12-22)26-18-17-25(19-26)27(21-28,23-13-7-3-8-14-23)24-15-9-4-10-16-24/h2-16,25-26H,17-20H2,1H3. The zero-order valence-corrected chi connectivity index (χ0v) is 17.0. The van der Waals surface area contributed by atoms with E-state index in [1.54, 1.807) is 0 Å². The quantitative estimate of drug-likeness (QED) is 0.540. The molecule has 1 saturated carbocycles. The Balaban J connectivity index is 1.62. The highest BCUT2D eigenvalue weighted by Crippen LogP contribution is 2.47. The van der Waals surface area contributed by atoms with Gasteiger partial charge < -0.3 is 0 Å². The highest BCUT2D eigenvalue weighted by molar-refractivity contribution is 5.47. The maximum Gasteiger partial charge on any atom is 0.110 e. The topological polar surface area (TPSA) is 27.0 Å². The Bertz CT molecular complexity index is 905. The summed E-state index contributed by atoms with van der Waals surface area (Å²) in [5.74, 6) is 0.306. The van der Waals surface area contributed by atoms with Crippen molar-refractivity contribution in [3.8, 4) is 6.07 Å². The van der Waals surface area contributed by atoms with E-state index in [0.717, 1.165) is 36.9 Å². The van der Waals surface area contributed by atoms with Crippen LogP contribution in [0.1, 0.15) is 36.0 Å². The molecule has 0 aromatic heterocycles. The largest absolute Gasteiger partial charge is 0.299 e. The highest BCUT2D eigenvalue weighted by atomic mass is 15.1. The van der Waals surface area contributed by atoms with Gasteiger partial charge in [-0.25, -0.2) is 0 Å². The molecular formula is C27H28N2. The van der Waals surface area contributed by atoms with Crippen LogP contribution in [-0.4, -0.2) is 18.0 Å². The molecule has 0 spiro atoms. The summed E-state index contributed by atoms with van der Waals surface area (Å²) in [5, 5.41) is 10.5. The Morgan fingerprint density at radius 1 is 0.828 bits per heavy atom. The van der Waals surface area contributed by atoms with E-state index in [1.165, 1.54) is 5.56 Å². The van der Waals surface area contributed by atoms with Gasteiger partial charge in [0.15, 0.2) is 0 Å². The fourth-order valence-electron chi connectivity index (χ4n) is 5.01. The fraction of sp³-hybridized carbons (Fsp3) is 0.296. The molecule has 2 atom stereocenters. The monoisotopic (exact) mass is 380 g/mol.